The SMILES string of the molecule is CCCCNC(=O)[C@@H](C)N(CCc1ccccc1)C(=O)COc1cc(C)c(Br)c(C)c1. The number of nitrogens with one attached hydrogen (secondary N) is 1. The van der Waals surface area contributed by atoms with Crippen molar-refractivity contribution in [3.63, 3.8) is 0 Å². The second-order valence-corrected chi connectivity index (χ2v) is 8.60. The molecule has 2 rings (SSSR count). The number of rotatable bonds is 11. The first-order valence-electron chi connectivity index (χ1n) is 10.8. The zero-order valence-corrected chi connectivity index (χ0v) is 20.5. The second kappa shape index (κ2) is 12.5. The van der Waals surface area contributed by atoms with Crippen LogP contribution in [0.25, 0.3) is 0 Å². The minimum Gasteiger partial charge on any atom is -0.484 e. The maximum absolute atomic E-state index is 13.1. The summed E-state index contributed by atoms with van der Waals surface area (Å²) in [6.45, 7) is 8.79. The molecule has 0 aliphatic carbocycles. The Morgan fingerprint density at radius 3 is 2.39 bits per heavy atom. The van der Waals surface area contributed by atoms with Gasteiger partial charge in [0.15, 0.2) is 6.61 Å². The zero-order chi connectivity index (χ0) is 22.8. The Morgan fingerprint density at radius 2 is 1.77 bits per heavy atom. The fourth-order valence-electron chi connectivity index (χ4n) is 3.32. The lowest BCUT2D eigenvalue weighted by Crippen LogP contribution is -2.50. The van der Waals surface area contributed by atoms with Crippen molar-refractivity contribution < 1.29 is 14.3 Å². The number of hydrogen-bond donors (Lipinski definition) is 1. The first kappa shape index (κ1) is 24.9. The highest BCUT2D eigenvalue weighted by Gasteiger charge is 2.26. The lowest BCUT2D eigenvalue weighted by molar-refractivity contribution is -0.141. The number of amides is 2. The van der Waals surface area contributed by atoms with Gasteiger partial charge in [-0.1, -0.05) is 59.6 Å². The fraction of sp³-hybridized carbons (Fsp3) is 0.440. The van der Waals surface area contributed by atoms with Gasteiger partial charge in [-0.2, -0.15) is 0 Å². The second-order valence-electron chi connectivity index (χ2n) is 7.80. The minimum absolute atomic E-state index is 0.109. The Labute approximate surface area is 194 Å². The highest BCUT2D eigenvalue weighted by Crippen LogP contribution is 2.26. The van der Waals surface area contributed by atoms with Crippen molar-refractivity contribution >= 4 is 27.7 Å². The molecule has 0 heterocycles. The van der Waals surface area contributed by atoms with E-state index in [0.717, 1.165) is 34.0 Å². The summed E-state index contributed by atoms with van der Waals surface area (Å²) in [6.07, 6.45) is 2.60. The molecule has 168 valence electrons. The molecule has 0 spiro atoms. The Kier molecular flexibility index (Phi) is 10.0. The molecule has 5 nitrogen and oxygen atoms in total. The highest BCUT2D eigenvalue weighted by molar-refractivity contribution is 9.10. The van der Waals surface area contributed by atoms with Crippen LogP contribution in [0.5, 0.6) is 5.75 Å². The average Bonchev–Trinajstić information content (AvgIpc) is 2.76. The third kappa shape index (κ3) is 7.69. The normalized spacial score (nSPS) is 11.6. The van der Waals surface area contributed by atoms with Crippen LogP contribution < -0.4 is 10.1 Å². The van der Waals surface area contributed by atoms with E-state index in [-0.39, 0.29) is 18.4 Å². The van der Waals surface area contributed by atoms with E-state index in [1.165, 1.54) is 0 Å². The van der Waals surface area contributed by atoms with Crippen molar-refractivity contribution in [2.45, 2.75) is 53.0 Å². The molecule has 0 bridgehead atoms. The number of benzene rings is 2. The van der Waals surface area contributed by atoms with Crippen molar-refractivity contribution in [1.29, 1.82) is 0 Å². The van der Waals surface area contributed by atoms with Crippen LogP contribution in [-0.4, -0.2) is 42.5 Å². The van der Waals surface area contributed by atoms with Gasteiger partial charge in [-0.25, -0.2) is 0 Å². The van der Waals surface area contributed by atoms with E-state index in [9.17, 15) is 9.59 Å². The van der Waals surface area contributed by atoms with Crippen LogP contribution in [0.4, 0.5) is 0 Å². The summed E-state index contributed by atoms with van der Waals surface area (Å²) >= 11 is 3.54. The standard InChI is InChI=1S/C25H33BrN2O3/c1-5-6-13-27-25(30)20(4)28(14-12-21-10-8-7-9-11-21)23(29)17-31-22-15-18(2)24(26)19(3)16-22/h7-11,15-16,20H,5-6,12-14,17H2,1-4H3,(H,27,30)/t20-/m1/s1. The topological polar surface area (TPSA) is 58.6 Å². The largest absolute Gasteiger partial charge is 0.484 e. The van der Waals surface area contributed by atoms with Gasteiger partial charge in [-0.05, 0) is 62.4 Å². The van der Waals surface area contributed by atoms with E-state index >= 15 is 0 Å². The zero-order valence-electron chi connectivity index (χ0n) is 18.9. The van der Waals surface area contributed by atoms with E-state index in [0.29, 0.717) is 25.3 Å². The first-order valence-corrected chi connectivity index (χ1v) is 11.6. The van der Waals surface area contributed by atoms with Gasteiger partial charge in [0.2, 0.25) is 5.91 Å². The molecule has 0 aromatic heterocycles. The van der Waals surface area contributed by atoms with Gasteiger partial charge < -0.3 is 15.0 Å². The number of hydrogen-bond acceptors (Lipinski definition) is 3. The Hall–Kier alpha value is -2.34. The van der Waals surface area contributed by atoms with Gasteiger partial charge in [0, 0.05) is 17.6 Å². The first-order chi connectivity index (χ1) is 14.8. The van der Waals surface area contributed by atoms with Gasteiger partial charge in [0.25, 0.3) is 5.91 Å². The Balaban J connectivity index is 2.08. The van der Waals surface area contributed by atoms with Gasteiger partial charge in [-0.15, -0.1) is 0 Å². The van der Waals surface area contributed by atoms with Gasteiger partial charge in [0.05, 0.1) is 0 Å². The van der Waals surface area contributed by atoms with E-state index in [4.69, 9.17) is 4.74 Å². The quantitative estimate of drug-likeness (QED) is 0.461. The molecule has 1 N–H and O–H groups in total. The van der Waals surface area contributed by atoms with Crippen molar-refractivity contribution in [3.05, 3.63) is 63.6 Å². The summed E-state index contributed by atoms with van der Waals surface area (Å²) in [4.78, 5) is 27.3. The number of nitrogens with zero attached hydrogens (tertiary/aromatic N) is 1. The Morgan fingerprint density at radius 1 is 1.13 bits per heavy atom. The molecule has 0 aliphatic heterocycles. The lowest BCUT2D eigenvalue weighted by Gasteiger charge is -2.28. The van der Waals surface area contributed by atoms with Gasteiger partial charge >= 0.3 is 0 Å². The molecule has 2 aromatic carbocycles. The van der Waals surface area contributed by atoms with E-state index < -0.39 is 6.04 Å². The monoisotopic (exact) mass is 488 g/mol. The van der Waals surface area contributed by atoms with Crippen LogP contribution in [0.1, 0.15) is 43.4 Å². The van der Waals surface area contributed by atoms with Crippen LogP contribution in [0.15, 0.2) is 46.9 Å². The molecule has 31 heavy (non-hydrogen) atoms. The number of carbonyl (C=O) groups is 2. The number of ether oxygens (including phenoxy) is 1. The predicted molar refractivity (Wildman–Crippen MR) is 128 cm³/mol. The van der Waals surface area contributed by atoms with Gasteiger partial charge in [0.1, 0.15) is 11.8 Å². The van der Waals surface area contributed by atoms with Crippen LogP contribution in [-0.2, 0) is 16.0 Å². The molecule has 0 saturated heterocycles. The molecular formula is C25H33BrN2O3. The van der Waals surface area contributed by atoms with E-state index in [1.807, 2.05) is 56.3 Å². The molecule has 0 fully saturated rings. The van der Waals surface area contributed by atoms with Crippen LogP contribution in [0, 0.1) is 13.8 Å². The molecule has 1 atom stereocenters. The molecular weight excluding hydrogens is 456 g/mol. The molecule has 2 amide bonds. The van der Waals surface area contributed by atoms with Crippen molar-refractivity contribution in [2.24, 2.45) is 0 Å². The van der Waals surface area contributed by atoms with Crippen LogP contribution in [0.2, 0.25) is 0 Å². The van der Waals surface area contributed by atoms with Crippen molar-refractivity contribution in [1.82, 2.24) is 10.2 Å². The fourth-order valence-corrected chi connectivity index (χ4v) is 3.55. The molecule has 0 radical (unpaired) electrons. The number of carbonyl (C=O) groups excluding carboxylic acids is 2. The smallest absolute Gasteiger partial charge is 0.261 e. The summed E-state index contributed by atoms with van der Waals surface area (Å²) in [6, 6.07) is 13.2. The summed E-state index contributed by atoms with van der Waals surface area (Å²) in [5.41, 5.74) is 3.22. The highest BCUT2D eigenvalue weighted by atomic mass is 79.9. The predicted octanol–water partition coefficient (Wildman–Crippen LogP) is 4.82. The molecule has 0 saturated carbocycles. The Bertz CT molecular complexity index is 847. The summed E-state index contributed by atoms with van der Waals surface area (Å²) in [5, 5.41) is 2.93. The summed E-state index contributed by atoms with van der Waals surface area (Å²) in [5.74, 6) is 0.312. The third-order valence-corrected chi connectivity index (χ3v) is 6.50. The minimum atomic E-state index is -0.565. The average molecular weight is 489 g/mol. The van der Waals surface area contributed by atoms with E-state index in [2.05, 4.69) is 28.2 Å². The maximum atomic E-state index is 13.1. The number of aryl methyl sites for hydroxylation is 2. The van der Waals surface area contributed by atoms with Crippen molar-refractivity contribution in [2.75, 3.05) is 19.7 Å². The third-order valence-electron chi connectivity index (χ3n) is 5.25. The van der Waals surface area contributed by atoms with Crippen LogP contribution >= 0.6 is 15.9 Å². The van der Waals surface area contributed by atoms with Gasteiger partial charge in [-0.3, -0.25) is 9.59 Å². The summed E-state index contributed by atoms with van der Waals surface area (Å²) in [7, 11) is 0. The number of unbranched alkanes of at least 4 members (excludes halogenated alkanes) is 1. The summed E-state index contributed by atoms with van der Waals surface area (Å²) < 4.78 is 6.84. The molecule has 0 unspecified atom stereocenters. The number of halogens is 1. The van der Waals surface area contributed by atoms with Crippen LogP contribution in [0.3, 0.4) is 0 Å². The maximum Gasteiger partial charge on any atom is 0.261 e. The molecule has 6 heteroatoms. The molecule has 2 aromatic rings. The van der Waals surface area contributed by atoms with E-state index in [1.54, 1.807) is 11.8 Å². The lowest BCUT2D eigenvalue weighted by atomic mass is 10.1. The van der Waals surface area contributed by atoms with Crippen molar-refractivity contribution in [3.8, 4) is 5.75 Å². The molecule has 0 aliphatic rings.